The first kappa shape index (κ1) is 42.0. The molecule has 3 aliphatic rings. The van der Waals surface area contributed by atoms with Gasteiger partial charge in [0, 0.05) is 38.4 Å². The Kier molecular flexibility index (Phi) is 8.93. The van der Waals surface area contributed by atoms with Crippen LogP contribution in [0, 0.1) is 13.8 Å². The third-order valence-corrected chi connectivity index (χ3v) is 16.9. The van der Waals surface area contributed by atoms with Crippen LogP contribution in [0.3, 0.4) is 0 Å². The summed E-state index contributed by atoms with van der Waals surface area (Å²) >= 11 is 0. The predicted molar refractivity (Wildman–Crippen MR) is 295 cm³/mol. The Bertz CT molecular complexity index is 3750. The van der Waals surface area contributed by atoms with Crippen LogP contribution in [-0.2, 0) is 29.1 Å². The van der Waals surface area contributed by atoms with Crippen molar-refractivity contribution in [3.8, 4) is 22.3 Å². The average molecular weight is 893 g/mol. The molecule has 0 radical (unpaired) electrons. The summed E-state index contributed by atoms with van der Waals surface area (Å²) in [5, 5.41) is 8.21. The number of benzene rings is 10. The van der Waals surface area contributed by atoms with Crippen molar-refractivity contribution >= 4 is 66.4 Å². The molecule has 0 fully saturated rings. The van der Waals surface area contributed by atoms with Gasteiger partial charge < -0.3 is 9.80 Å². The van der Waals surface area contributed by atoms with E-state index in [-0.39, 0.29) is 16.2 Å². The standard InChI is InChI=1S/C67H60N2/c1-10-42-37-59(69(45-31-27-41(3)28-32-45)57-24-16-20-50-48-18-12-14-22-54(48)67(8,9)64(50)57)52-39-55-60-43(35-36-65(55,4)5)38-58(51-34-33-46(42)61(52)62(51)60)68(44-29-25-40(2)26-30-44)56-23-15-19-49-47-17-11-13-21-53(47)66(6,7)63(49)56/h11-34,37-39H,10,35-36H2,1-9H3. The van der Waals surface area contributed by atoms with Gasteiger partial charge in [-0.25, -0.2) is 0 Å². The molecule has 2 heteroatoms. The Morgan fingerprint density at radius 3 is 1.45 bits per heavy atom. The lowest BCUT2D eigenvalue weighted by Crippen LogP contribution is -2.24. The van der Waals surface area contributed by atoms with Gasteiger partial charge in [0.1, 0.15) is 0 Å². The molecule has 0 saturated carbocycles. The quantitative estimate of drug-likeness (QED) is 0.147. The lowest BCUT2D eigenvalue weighted by atomic mass is 9.70. The number of hydrogen-bond acceptors (Lipinski definition) is 2. The fourth-order valence-electron chi connectivity index (χ4n) is 13.4. The molecular weight excluding hydrogens is 833 g/mol. The molecule has 0 atom stereocenters. The first-order chi connectivity index (χ1) is 33.3. The highest BCUT2D eigenvalue weighted by molar-refractivity contribution is 6.30. The lowest BCUT2D eigenvalue weighted by Gasteiger charge is -2.38. The van der Waals surface area contributed by atoms with Crippen LogP contribution in [0.25, 0.3) is 54.6 Å². The van der Waals surface area contributed by atoms with Crippen molar-refractivity contribution in [3.05, 3.63) is 214 Å². The molecule has 0 aromatic heterocycles. The van der Waals surface area contributed by atoms with Gasteiger partial charge in [-0.2, -0.15) is 0 Å². The fraction of sp³-hybridized carbons (Fsp3) is 0.224. The highest BCUT2D eigenvalue weighted by Crippen LogP contribution is 2.59. The molecule has 69 heavy (non-hydrogen) atoms. The highest BCUT2D eigenvalue weighted by atomic mass is 15.2. The molecular formula is C67H60N2. The SMILES string of the molecule is CCc1cc(N(c2ccc(C)cc2)c2cccc3c2C(C)(C)c2ccccc2-3)c2cc3c4c(cc(N(c5ccc(C)cc5)c5cccc6c5C(C)(C)c5ccccc5-6)c5ccc1c2c54)CCC3(C)C. The summed E-state index contributed by atoms with van der Waals surface area (Å²) in [6.07, 6.45) is 3.03. The van der Waals surface area contributed by atoms with E-state index in [4.69, 9.17) is 0 Å². The van der Waals surface area contributed by atoms with Crippen molar-refractivity contribution in [2.75, 3.05) is 9.80 Å². The van der Waals surface area contributed by atoms with Gasteiger partial charge in [0.2, 0.25) is 0 Å². The maximum Gasteiger partial charge on any atom is 0.0543 e. The minimum Gasteiger partial charge on any atom is -0.310 e. The van der Waals surface area contributed by atoms with E-state index >= 15 is 0 Å². The molecule has 13 rings (SSSR count). The second kappa shape index (κ2) is 14.7. The number of rotatable bonds is 7. The second-order valence-electron chi connectivity index (χ2n) is 22.2. The normalized spacial score (nSPS) is 15.6. The molecule has 0 aliphatic heterocycles. The summed E-state index contributed by atoms with van der Waals surface area (Å²) in [6.45, 7) is 21.4. The molecule has 0 heterocycles. The molecule has 0 N–H and O–H groups in total. The summed E-state index contributed by atoms with van der Waals surface area (Å²) in [4.78, 5) is 5.26. The van der Waals surface area contributed by atoms with Crippen molar-refractivity contribution < 1.29 is 0 Å². The number of anilines is 6. The van der Waals surface area contributed by atoms with Crippen LogP contribution in [-0.4, -0.2) is 0 Å². The van der Waals surface area contributed by atoms with Gasteiger partial charge in [-0.15, -0.1) is 0 Å². The van der Waals surface area contributed by atoms with Crippen LogP contribution in [0.1, 0.15) is 105 Å². The number of hydrogen-bond donors (Lipinski definition) is 0. The molecule has 2 nitrogen and oxygen atoms in total. The zero-order valence-corrected chi connectivity index (χ0v) is 41.6. The third kappa shape index (κ3) is 5.84. The van der Waals surface area contributed by atoms with E-state index in [0.717, 1.165) is 19.3 Å². The zero-order valence-electron chi connectivity index (χ0n) is 41.6. The molecule has 10 aromatic rings. The first-order valence-electron chi connectivity index (χ1n) is 25.3. The van der Waals surface area contributed by atoms with Crippen LogP contribution in [0.5, 0.6) is 0 Å². The second-order valence-corrected chi connectivity index (χ2v) is 22.2. The molecule has 3 aliphatic carbocycles. The molecule has 10 aromatic carbocycles. The molecule has 0 amide bonds. The van der Waals surface area contributed by atoms with Gasteiger partial charge in [0.25, 0.3) is 0 Å². The van der Waals surface area contributed by atoms with Crippen LogP contribution in [0.4, 0.5) is 34.1 Å². The van der Waals surface area contributed by atoms with Crippen molar-refractivity contribution in [1.82, 2.24) is 0 Å². The van der Waals surface area contributed by atoms with Gasteiger partial charge in [-0.3, -0.25) is 0 Å². The lowest BCUT2D eigenvalue weighted by molar-refractivity contribution is 0.475. The Morgan fingerprint density at radius 2 is 0.913 bits per heavy atom. The summed E-state index contributed by atoms with van der Waals surface area (Å²) < 4.78 is 0. The number of aryl methyl sites for hydroxylation is 4. The Hall–Kier alpha value is -7.16. The van der Waals surface area contributed by atoms with Crippen LogP contribution >= 0.6 is 0 Å². The van der Waals surface area contributed by atoms with E-state index in [0.29, 0.717) is 0 Å². The molecule has 0 saturated heterocycles. The largest absolute Gasteiger partial charge is 0.310 e. The van der Waals surface area contributed by atoms with Crippen LogP contribution < -0.4 is 9.80 Å². The smallest absolute Gasteiger partial charge is 0.0543 e. The van der Waals surface area contributed by atoms with Crippen molar-refractivity contribution in [2.45, 2.75) is 97.8 Å². The predicted octanol–water partition coefficient (Wildman–Crippen LogP) is 18.5. The van der Waals surface area contributed by atoms with Crippen molar-refractivity contribution in [3.63, 3.8) is 0 Å². The summed E-state index contributed by atoms with van der Waals surface area (Å²) in [7, 11) is 0. The molecule has 0 bridgehead atoms. The summed E-state index contributed by atoms with van der Waals surface area (Å²) in [6, 6.07) is 63.4. The zero-order chi connectivity index (χ0) is 47.3. The molecule has 338 valence electrons. The van der Waals surface area contributed by atoms with E-state index in [2.05, 4.69) is 236 Å². The maximum absolute atomic E-state index is 2.63. The Morgan fingerprint density at radius 1 is 0.420 bits per heavy atom. The topological polar surface area (TPSA) is 6.48 Å². The van der Waals surface area contributed by atoms with Crippen molar-refractivity contribution in [2.24, 2.45) is 0 Å². The molecule has 0 unspecified atom stereocenters. The van der Waals surface area contributed by atoms with Gasteiger partial charge in [0.15, 0.2) is 0 Å². The fourth-order valence-corrected chi connectivity index (χ4v) is 13.4. The third-order valence-electron chi connectivity index (χ3n) is 16.9. The highest BCUT2D eigenvalue weighted by Gasteiger charge is 2.42. The minimum atomic E-state index is -0.201. The first-order valence-corrected chi connectivity index (χ1v) is 25.3. The number of fused-ring (bicyclic) bond motifs is 6. The number of nitrogens with zero attached hydrogens (tertiary/aromatic N) is 2. The Labute approximate surface area is 408 Å². The van der Waals surface area contributed by atoms with Crippen LogP contribution in [0.15, 0.2) is 164 Å². The summed E-state index contributed by atoms with van der Waals surface area (Å²) in [5.74, 6) is 0. The average Bonchev–Trinajstić information content (AvgIpc) is 3.74. The monoisotopic (exact) mass is 892 g/mol. The van der Waals surface area contributed by atoms with E-state index < -0.39 is 0 Å². The van der Waals surface area contributed by atoms with Gasteiger partial charge in [-0.1, -0.05) is 169 Å². The van der Waals surface area contributed by atoms with Crippen molar-refractivity contribution in [1.29, 1.82) is 0 Å². The minimum absolute atomic E-state index is 0.0268. The maximum atomic E-state index is 2.63. The van der Waals surface area contributed by atoms with E-state index in [1.165, 1.54) is 139 Å². The summed E-state index contributed by atoms with van der Waals surface area (Å²) in [5.41, 5.74) is 24.6. The van der Waals surface area contributed by atoms with Gasteiger partial charge in [0.05, 0.1) is 22.7 Å². The molecule has 0 spiro atoms. The van der Waals surface area contributed by atoms with Crippen LogP contribution in [0.2, 0.25) is 0 Å². The van der Waals surface area contributed by atoms with E-state index in [1.54, 1.807) is 0 Å². The Balaban J connectivity index is 1.16. The van der Waals surface area contributed by atoms with Gasteiger partial charge in [-0.05, 0) is 170 Å². The van der Waals surface area contributed by atoms with Gasteiger partial charge >= 0.3 is 0 Å². The van der Waals surface area contributed by atoms with E-state index in [9.17, 15) is 0 Å². The van der Waals surface area contributed by atoms with E-state index in [1.807, 2.05) is 0 Å².